The topological polar surface area (TPSA) is 121 Å². The van der Waals surface area contributed by atoms with E-state index in [2.05, 4.69) is 15.6 Å². The monoisotopic (exact) mass is 602 g/mol. The molecule has 2 fully saturated rings. The summed E-state index contributed by atoms with van der Waals surface area (Å²) in [6.07, 6.45) is 2.30. The van der Waals surface area contributed by atoms with Crippen LogP contribution >= 0.6 is 0 Å². The van der Waals surface area contributed by atoms with Crippen LogP contribution < -0.4 is 15.4 Å². The highest BCUT2D eigenvalue weighted by Crippen LogP contribution is 2.35. The lowest BCUT2D eigenvalue weighted by Crippen LogP contribution is -2.53. The van der Waals surface area contributed by atoms with Gasteiger partial charge in [-0.15, -0.1) is 0 Å². The highest BCUT2D eigenvalue weighted by atomic mass is 19.2. The van der Waals surface area contributed by atoms with Crippen LogP contribution in [0, 0.1) is 35.1 Å². The average molecular weight is 603 g/mol. The lowest BCUT2D eigenvalue weighted by Gasteiger charge is -2.29. The number of hydrogen-bond acceptors (Lipinski definition) is 5. The highest BCUT2D eigenvalue weighted by Gasteiger charge is 2.38. The van der Waals surface area contributed by atoms with Gasteiger partial charge in [-0.2, -0.15) is 8.78 Å². The quantitative estimate of drug-likeness (QED) is 0.216. The number of carbonyl (C=O) groups excluding carboxylic acids is 4. The molecule has 3 atom stereocenters. The Morgan fingerprint density at radius 3 is 2.35 bits per heavy atom. The molecule has 228 valence electrons. The van der Waals surface area contributed by atoms with Crippen LogP contribution in [0.1, 0.15) is 42.6 Å². The Morgan fingerprint density at radius 2 is 1.72 bits per heavy atom. The van der Waals surface area contributed by atoms with E-state index in [-0.39, 0.29) is 30.0 Å². The molecule has 9 nitrogen and oxygen atoms in total. The molecule has 2 aromatic carbocycles. The van der Waals surface area contributed by atoms with E-state index >= 15 is 0 Å². The fourth-order valence-electron chi connectivity index (χ4n) is 5.25. The first kappa shape index (κ1) is 30.1. The number of nitrogens with one attached hydrogen (secondary N) is 3. The Balaban J connectivity index is 1.35. The number of aromatic nitrogens is 1. The average Bonchev–Trinajstić information content (AvgIpc) is 3.56. The van der Waals surface area contributed by atoms with Crippen LogP contribution in [0.25, 0.3) is 10.9 Å². The lowest BCUT2D eigenvalue weighted by atomic mass is 9.95. The molecule has 3 unspecified atom stereocenters. The number of Topliss-reactive ketones (excluding diaryl/α,β-unsaturated/α-hetero) is 1. The predicted octanol–water partition coefficient (Wildman–Crippen LogP) is 3.62. The summed E-state index contributed by atoms with van der Waals surface area (Å²) in [5, 5.41) is 6.06. The van der Waals surface area contributed by atoms with Gasteiger partial charge >= 0.3 is 0 Å². The molecule has 2 aliphatic rings. The van der Waals surface area contributed by atoms with Crippen molar-refractivity contribution in [3.05, 3.63) is 65.4 Å². The van der Waals surface area contributed by atoms with Crippen molar-refractivity contribution in [1.82, 2.24) is 20.5 Å². The van der Waals surface area contributed by atoms with Gasteiger partial charge in [0, 0.05) is 36.5 Å². The van der Waals surface area contributed by atoms with Crippen molar-refractivity contribution >= 4 is 34.4 Å². The largest absolute Gasteiger partial charge is 0.479 e. The number of fused-ring (bicyclic) bond motifs is 1. The van der Waals surface area contributed by atoms with Gasteiger partial charge in [0.05, 0.1) is 6.04 Å². The molecule has 0 spiro atoms. The number of rotatable bonds is 12. The molecular formula is C30H30F4N4O5. The maximum Gasteiger partial charge on any atom is 0.270 e. The van der Waals surface area contributed by atoms with Gasteiger partial charge in [-0.25, -0.2) is 8.78 Å². The van der Waals surface area contributed by atoms with E-state index < -0.39 is 71.2 Å². The van der Waals surface area contributed by atoms with E-state index in [1.807, 2.05) is 24.3 Å². The third-order valence-electron chi connectivity index (χ3n) is 7.92. The minimum Gasteiger partial charge on any atom is -0.479 e. The Labute approximate surface area is 243 Å². The number of para-hydroxylation sites is 1. The van der Waals surface area contributed by atoms with E-state index in [1.165, 1.54) is 11.9 Å². The molecule has 3 aromatic rings. The second kappa shape index (κ2) is 12.4. The SMILES string of the molecule is CN(C(=O)c1cc2ccccc2[nH]1)C(CC1CC1)C(=O)NC(CC1CCNC1=O)C(=O)COc1c(F)c(F)cc(F)c1F. The van der Waals surface area contributed by atoms with E-state index in [1.54, 1.807) is 6.07 Å². The van der Waals surface area contributed by atoms with Gasteiger partial charge in [0.25, 0.3) is 5.91 Å². The number of amides is 3. The van der Waals surface area contributed by atoms with Gasteiger partial charge in [-0.05, 0) is 37.3 Å². The third-order valence-corrected chi connectivity index (χ3v) is 7.92. The number of H-pyrrole nitrogens is 1. The summed E-state index contributed by atoms with van der Waals surface area (Å²) in [4.78, 5) is 56.9. The maximum atomic E-state index is 14.1. The molecule has 1 aliphatic heterocycles. The molecule has 3 amide bonds. The van der Waals surface area contributed by atoms with Gasteiger partial charge < -0.3 is 25.3 Å². The molecule has 1 aromatic heterocycles. The zero-order valence-electron chi connectivity index (χ0n) is 23.2. The van der Waals surface area contributed by atoms with Crippen molar-refractivity contribution in [2.24, 2.45) is 11.8 Å². The van der Waals surface area contributed by atoms with Crippen molar-refractivity contribution in [3.63, 3.8) is 0 Å². The van der Waals surface area contributed by atoms with Crippen molar-refractivity contribution in [2.45, 2.75) is 44.2 Å². The molecular weight excluding hydrogens is 572 g/mol. The second-order valence-corrected chi connectivity index (χ2v) is 11.0. The Bertz CT molecular complexity index is 1510. The van der Waals surface area contributed by atoms with Crippen LogP contribution in [0.15, 0.2) is 36.4 Å². The van der Waals surface area contributed by atoms with E-state index in [0.29, 0.717) is 19.4 Å². The Morgan fingerprint density at radius 1 is 1.02 bits per heavy atom. The van der Waals surface area contributed by atoms with Crippen molar-refractivity contribution in [2.75, 3.05) is 20.2 Å². The molecule has 0 bridgehead atoms. The summed E-state index contributed by atoms with van der Waals surface area (Å²) in [5.74, 6) is -11.2. The summed E-state index contributed by atoms with van der Waals surface area (Å²) in [6, 6.07) is 6.65. The molecule has 3 N–H and O–H groups in total. The van der Waals surface area contributed by atoms with E-state index in [9.17, 15) is 36.7 Å². The zero-order valence-corrected chi connectivity index (χ0v) is 23.2. The predicted molar refractivity (Wildman–Crippen MR) is 146 cm³/mol. The van der Waals surface area contributed by atoms with Crippen LogP contribution in [-0.4, -0.2) is 65.7 Å². The zero-order chi connectivity index (χ0) is 30.8. The number of carbonyl (C=O) groups is 4. The molecule has 0 radical (unpaired) electrons. The fourth-order valence-corrected chi connectivity index (χ4v) is 5.25. The number of hydrogen-bond donors (Lipinski definition) is 3. The van der Waals surface area contributed by atoms with E-state index in [0.717, 1.165) is 23.7 Å². The minimum atomic E-state index is -1.82. The fraction of sp³-hybridized carbons (Fsp3) is 0.400. The van der Waals surface area contributed by atoms with Gasteiger partial charge in [0.2, 0.25) is 23.4 Å². The number of ketones is 1. The molecule has 1 saturated carbocycles. The van der Waals surface area contributed by atoms with Gasteiger partial charge in [-0.1, -0.05) is 31.0 Å². The van der Waals surface area contributed by atoms with Gasteiger partial charge in [-0.3, -0.25) is 19.2 Å². The van der Waals surface area contributed by atoms with Crippen LogP contribution in [-0.2, 0) is 14.4 Å². The Hall–Kier alpha value is -4.42. The molecule has 43 heavy (non-hydrogen) atoms. The number of benzene rings is 2. The summed E-state index contributed by atoms with van der Waals surface area (Å²) in [5.41, 5.74) is 1.02. The first-order chi connectivity index (χ1) is 20.5. The Kier molecular flexibility index (Phi) is 8.69. The first-order valence-corrected chi connectivity index (χ1v) is 13.9. The molecule has 13 heteroatoms. The third kappa shape index (κ3) is 6.65. The van der Waals surface area contributed by atoms with Gasteiger partial charge in [0.15, 0.2) is 23.2 Å². The van der Waals surface area contributed by atoms with Crippen LogP contribution in [0.5, 0.6) is 5.75 Å². The standard InChI is InChI=1S/C30H30F4N4O5/c1-38(30(42)22-11-16-4-2-3-5-20(16)36-22)23(10-15-6-7-15)29(41)37-21(12-17-8-9-35-28(17)40)24(39)14-43-27-25(33)18(31)13-19(32)26(27)34/h2-5,11,13,15,17,21,23,36H,6-10,12,14H2,1H3,(H,35,40)(H,37,41). The van der Waals surface area contributed by atoms with Crippen LogP contribution in [0.3, 0.4) is 0 Å². The summed E-state index contributed by atoms with van der Waals surface area (Å²) in [6.45, 7) is -0.687. The summed E-state index contributed by atoms with van der Waals surface area (Å²) < 4.78 is 60.3. The van der Waals surface area contributed by atoms with Crippen molar-refractivity contribution in [3.8, 4) is 5.75 Å². The normalized spacial score (nSPS) is 17.8. The van der Waals surface area contributed by atoms with Gasteiger partial charge in [0.1, 0.15) is 18.3 Å². The number of halogens is 4. The minimum absolute atomic E-state index is 0.00864. The molecule has 5 rings (SSSR count). The molecule has 2 heterocycles. The van der Waals surface area contributed by atoms with Crippen molar-refractivity contribution in [1.29, 1.82) is 0 Å². The number of nitrogens with zero attached hydrogens (tertiary/aromatic N) is 1. The molecule has 1 saturated heterocycles. The van der Waals surface area contributed by atoms with Crippen molar-refractivity contribution < 1.29 is 41.5 Å². The number of ether oxygens (including phenoxy) is 1. The maximum absolute atomic E-state index is 14.1. The number of aromatic amines is 1. The lowest BCUT2D eigenvalue weighted by molar-refractivity contribution is -0.132. The van der Waals surface area contributed by atoms with Crippen LogP contribution in [0.4, 0.5) is 17.6 Å². The first-order valence-electron chi connectivity index (χ1n) is 13.9. The number of likely N-dealkylation sites (N-methyl/N-ethyl adjacent to an activating group) is 1. The van der Waals surface area contributed by atoms with E-state index in [4.69, 9.17) is 4.74 Å². The highest BCUT2D eigenvalue weighted by molar-refractivity contribution is 6.00. The smallest absolute Gasteiger partial charge is 0.270 e. The van der Waals surface area contributed by atoms with Crippen LogP contribution in [0.2, 0.25) is 0 Å². The summed E-state index contributed by atoms with van der Waals surface area (Å²) >= 11 is 0. The second-order valence-electron chi connectivity index (χ2n) is 11.0. The molecule has 1 aliphatic carbocycles. The summed E-state index contributed by atoms with van der Waals surface area (Å²) in [7, 11) is 1.48.